The number of hydrogen-bond acceptors (Lipinski definition) is 1. The molecule has 38 valence electrons. The molecule has 1 heterocycles. The van der Waals surface area contributed by atoms with E-state index in [1.807, 2.05) is 0 Å². The first kappa shape index (κ1) is 4.64. The molecule has 0 bridgehead atoms. The molecule has 0 aliphatic heterocycles. The van der Waals surface area contributed by atoms with Gasteiger partial charge in [-0.05, 0) is 0 Å². The van der Waals surface area contributed by atoms with Crippen LogP contribution >= 0.6 is 16.1 Å². The number of hydrogen-bond donors (Lipinski definition) is 1. The van der Waals surface area contributed by atoms with Crippen molar-refractivity contribution in [3.05, 3.63) is 22.6 Å². The minimum Gasteiger partial charge on any atom is -0.268 e. The summed E-state index contributed by atoms with van der Waals surface area (Å²) in [4.78, 5) is 10.2. The summed E-state index contributed by atoms with van der Waals surface area (Å²) < 4.78 is 1.41. The van der Waals surface area contributed by atoms with Gasteiger partial charge in [0, 0.05) is 12.3 Å². The largest absolute Gasteiger partial charge is 0.268 e. The molecule has 0 spiro atoms. The normalized spacial score (nSPS) is 9.29. The van der Waals surface area contributed by atoms with E-state index in [0.717, 1.165) is 0 Å². The van der Waals surface area contributed by atoms with Gasteiger partial charge in [-0.1, -0.05) is 0 Å². The average Bonchev–Trinajstić information content (AvgIpc) is 1.87. The highest BCUT2D eigenvalue weighted by atomic mass is 79.9. The molecule has 4 heteroatoms. The van der Waals surface area contributed by atoms with Gasteiger partial charge in [0.25, 0.3) is 5.56 Å². The number of halogens is 1. The van der Waals surface area contributed by atoms with Gasteiger partial charge in [0.1, 0.15) is 0 Å². The quantitative estimate of drug-likeness (QED) is 0.588. The molecule has 1 rings (SSSR count). The molecule has 3 nitrogen and oxygen atoms in total. The Morgan fingerprint density at radius 3 is 2.71 bits per heavy atom. The second-order valence-electron chi connectivity index (χ2n) is 1.10. The standard InChI is InChI=1S/C3H3BrN2O/c4-6-2-1-3(7)5-6/h1-2H,(H,5,7). The summed E-state index contributed by atoms with van der Waals surface area (Å²) in [6.07, 6.45) is 1.59. The first-order valence-electron chi connectivity index (χ1n) is 1.73. The number of H-pyrrole nitrogens is 1. The van der Waals surface area contributed by atoms with Gasteiger partial charge in [-0.15, -0.1) is 0 Å². The molecule has 1 N–H and O–H groups in total. The third kappa shape index (κ3) is 0.928. The first-order chi connectivity index (χ1) is 3.29. The van der Waals surface area contributed by atoms with E-state index in [9.17, 15) is 4.79 Å². The van der Waals surface area contributed by atoms with Crippen LogP contribution in [0.4, 0.5) is 0 Å². The predicted octanol–water partition coefficient (Wildman–Crippen LogP) is 0.334. The molecule has 0 aliphatic rings. The van der Waals surface area contributed by atoms with Gasteiger partial charge in [0.15, 0.2) is 0 Å². The van der Waals surface area contributed by atoms with E-state index in [0.29, 0.717) is 0 Å². The van der Waals surface area contributed by atoms with E-state index < -0.39 is 0 Å². The fraction of sp³-hybridized carbons (Fsp3) is 0. The van der Waals surface area contributed by atoms with Crippen molar-refractivity contribution in [3.8, 4) is 0 Å². The fourth-order valence-electron chi connectivity index (χ4n) is 0.313. The summed E-state index contributed by atoms with van der Waals surface area (Å²) in [6, 6.07) is 1.43. The Kier molecular flexibility index (Phi) is 1.02. The molecular weight excluding hydrogens is 160 g/mol. The second kappa shape index (κ2) is 1.54. The van der Waals surface area contributed by atoms with Crippen molar-refractivity contribution < 1.29 is 0 Å². The lowest BCUT2D eigenvalue weighted by atomic mass is 10.7. The van der Waals surface area contributed by atoms with Crippen LogP contribution in [0.3, 0.4) is 0 Å². The van der Waals surface area contributed by atoms with E-state index in [2.05, 4.69) is 21.2 Å². The molecule has 0 unspecified atom stereocenters. The van der Waals surface area contributed by atoms with Crippen LogP contribution in [-0.4, -0.2) is 8.81 Å². The Labute approximate surface area is 48.3 Å². The van der Waals surface area contributed by atoms with E-state index in [1.54, 1.807) is 6.20 Å². The third-order valence-corrected chi connectivity index (χ3v) is 0.988. The molecule has 0 aliphatic carbocycles. The highest BCUT2D eigenvalue weighted by Crippen LogP contribution is 1.81. The van der Waals surface area contributed by atoms with Crippen LogP contribution in [0, 0.1) is 0 Å². The highest BCUT2D eigenvalue weighted by Gasteiger charge is 1.80. The Morgan fingerprint density at radius 1 is 1.86 bits per heavy atom. The molecule has 0 saturated heterocycles. The smallest absolute Gasteiger partial charge is 0.264 e. The van der Waals surface area contributed by atoms with E-state index in [1.165, 1.54) is 9.77 Å². The number of aromatic amines is 1. The van der Waals surface area contributed by atoms with Crippen molar-refractivity contribution >= 4 is 16.1 Å². The summed E-state index contributed by atoms with van der Waals surface area (Å²) in [5, 5.41) is 2.42. The van der Waals surface area contributed by atoms with Gasteiger partial charge >= 0.3 is 0 Å². The minimum absolute atomic E-state index is 0.100. The van der Waals surface area contributed by atoms with Crippen molar-refractivity contribution in [3.63, 3.8) is 0 Å². The Hall–Kier alpha value is -0.510. The molecule has 0 fully saturated rings. The van der Waals surface area contributed by atoms with Crippen LogP contribution in [0.2, 0.25) is 0 Å². The maximum Gasteiger partial charge on any atom is 0.264 e. The topological polar surface area (TPSA) is 37.8 Å². The maximum absolute atomic E-state index is 10.2. The van der Waals surface area contributed by atoms with E-state index >= 15 is 0 Å². The Morgan fingerprint density at radius 2 is 2.57 bits per heavy atom. The Balaban J connectivity index is 3.30. The van der Waals surface area contributed by atoms with Gasteiger partial charge < -0.3 is 0 Å². The fourth-order valence-corrected chi connectivity index (χ4v) is 0.606. The van der Waals surface area contributed by atoms with Gasteiger partial charge in [-0.2, -0.15) is 0 Å². The molecule has 1 aromatic heterocycles. The molecule has 0 atom stereocenters. The first-order valence-corrected chi connectivity index (χ1v) is 2.44. The number of nitrogens with one attached hydrogen (secondary N) is 1. The summed E-state index contributed by atoms with van der Waals surface area (Å²) in [6.45, 7) is 0. The third-order valence-electron chi connectivity index (χ3n) is 0.574. The summed E-state index contributed by atoms with van der Waals surface area (Å²) >= 11 is 2.99. The van der Waals surface area contributed by atoms with E-state index in [-0.39, 0.29) is 5.56 Å². The molecule has 0 saturated carbocycles. The lowest BCUT2D eigenvalue weighted by Gasteiger charge is -1.75. The molecule has 7 heavy (non-hydrogen) atoms. The van der Waals surface area contributed by atoms with Gasteiger partial charge in [0.05, 0.1) is 16.1 Å². The summed E-state index contributed by atoms with van der Waals surface area (Å²) in [7, 11) is 0. The molecule has 1 aromatic rings. The zero-order chi connectivity index (χ0) is 5.28. The van der Waals surface area contributed by atoms with Crippen LogP contribution in [0.25, 0.3) is 0 Å². The maximum atomic E-state index is 10.2. The zero-order valence-corrected chi connectivity index (χ0v) is 4.97. The average molecular weight is 163 g/mol. The highest BCUT2D eigenvalue weighted by molar-refractivity contribution is 9.08. The second-order valence-corrected chi connectivity index (χ2v) is 1.87. The lowest BCUT2D eigenvalue weighted by molar-refractivity contribution is 1.00. The van der Waals surface area contributed by atoms with Crippen molar-refractivity contribution in [2.24, 2.45) is 0 Å². The van der Waals surface area contributed by atoms with Crippen LogP contribution in [0.1, 0.15) is 0 Å². The van der Waals surface area contributed by atoms with Crippen LogP contribution in [0.5, 0.6) is 0 Å². The molecule has 0 aromatic carbocycles. The van der Waals surface area contributed by atoms with Crippen LogP contribution < -0.4 is 5.56 Å². The van der Waals surface area contributed by atoms with Gasteiger partial charge in [0.2, 0.25) is 0 Å². The monoisotopic (exact) mass is 162 g/mol. The van der Waals surface area contributed by atoms with Gasteiger partial charge in [-0.25, -0.2) is 3.71 Å². The van der Waals surface area contributed by atoms with E-state index in [4.69, 9.17) is 0 Å². The zero-order valence-electron chi connectivity index (χ0n) is 3.39. The molecule has 0 radical (unpaired) electrons. The van der Waals surface area contributed by atoms with Crippen molar-refractivity contribution in [2.45, 2.75) is 0 Å². The number of rotatable bonds is 0. The summed E-state index contributed by atoms with van der Waals surface area (Å²) in [5.74, 6) is 0. The number of nitrogens with zero attached hydrogens (tertiary/aromatic N) is 1. The van der Waals surface area contributed by atoms with Crippen molar-refractivity contribution in [1.82, 2.24) is 8.81 Å². The SMILES string of the molecule is O=c1ccn(Br)[nH]1. The van der Waals surface area contributed by atoms with Crippen molar-refractivity contribution in [2.75, 3.05) is 0 Å². The number of aromatic nitrogens is 2. The summed E-state index contributed by atoms with van der Waals surface area (Å²) in [5.41, 5.74) is -0.100. The van der Waals surface area contributed by atoms with Crippen LogP contribution in [-0.2, 0) is 0 Å². The predicted molar refractivity (Wildman–Crippen MR) is 29.4 cm³/mol. The molecular formula is C3H3BrN2O. The van der Waals surface area contributed by atoms with Gasteiger partial charge in [-0.3, -0.25) is 9.89 Å². The van der Waals surface area contributed by atoms with Crippen molar-refractivity contribution in [1.29, 1.82) is 0 Å². The molecule has 0 amide bonds. The van der Waals surface area contributed by atoms with Crippen LogP contribution in [0.15, 0.2) is 17.1 Å². The Bertz CT molecular complexity index is 201. The lowest BCUT2D eigenvalue weighted by Crippen LogP contribution is -1.96. The minimum atomic E-state index is -0.100.